The molecule has 1 saturated carbocycles. The largest absolute Gasteiger partial charge is 0.378 e. The fraction of sp³-hybridized carbons (Fsp3) is 1.00. The van der Waals surface area contributed by atoms with E-state index in [0.717, 1.165) is 31.8 Å². The molecule has 3 heteroatoms. The van der Waals surface area contributed by atoms with Crippen LogP contribution in [0.1, 0.15) is 45.4 Å². The molecule has 96 valence electrons. The van der Waals surface area contributed by atoms with Gasteiger partial charge < -0.3 is 14.2 Å². The fourth-order valence-electron chi connectivity index (χ4n) is 2.14. The van der Waals surface area contributed by atoms with Crippen LogP contribution in [0, 0.1) is 5.92 Å². The van der Waals surface area contributed by atoms with Crippen molar-refractivity contribution in [1.29, 1.82) is 0 Å². The van der Waals surface area contributed by atoms with E-state index in [4.69, 9.17) is 14.2 Å². The molecular weight excluding hydrogens is 204 g/mol. The quantitative estimate of drug-likeness (QED) is 0.450. The molecule has 0 amide bonds. The highest BCUT2D eigenvalue weighted by atomic mass is 16.7. The summed E-state index contributed by atoms with van der Waals surface area (Å²) in [5.41, 5.74) is 0. The molecule has 0 aliphatic heterocycles. The zero-order valence-electron chi connectivity index (χ0n) is 10.9. The molecule has 1 aliphatic rings. The fourth-order valence-corrected chi connectivity index (χ4v) is 2.14. The minimum atomic E-state index is -0.0339. The van der Waals surface area contributed by atoms with Gasteiger partial charge in [0, 0.05) is 20.8 Å². The monoisotopic (exact) mass is 230 g/mol. The van der Waals surface area contributed by atoms with Gasteiger partial charge in [-0.1, -0.05) is 13.3 Å². The lowest BCUT2D eigenvalue weighted by molar-refractivity contribution is -0.107. The average Bonchev–Trinajstić information content (AvgIpc) is 2.25. The van der Waals surface area contributed by atoms with Crippen molar-refractivity contribution < 1.29 is 14.2 Å². The minimum Gasteiger partial charge on any atom is -0.378 e. The van der Waals surface area contributed by atoms with E-state index in [2.05, 4.69) is 6.92 Å². The average molecular weight is 230 g/mol. The lowest BCUT2D eigenvalue weighted by atomic mass is 9.84. The number of rotatable bonds is 9. The van der Waals surface area contributed by atoms with Crippen LogP contribution in [0.15, 0.2) is 0 Å². The van der Waals surface area contributed by atoms with Gasteiger partial charge in [-0.15, -0.1) is 0 Å². The maximum absolute atomic E-state index is 5.75. The standard InChI is InChI=1S/C13H26O3/c1-11-9-12(10-11)16-8-6-4-5-7-13(14-2)15-3/h11-13H,4-10H2,1-3H3/t11-,12+. The van der Waals surface area contributed by atoms with Gasteiger partial charge in [-0.25, -0.2) is 0 Å². The Kier molecular flexibility index (Phi) is 7.01. The minimum absolute atomic E-state index is 0.0339. The normalized spacial score (nSPS) is 24.8. The zero-order chi connectivity index (χ0) is 11.8. The number of methoxy groups -OCH3 is 2. The highest BCUT2D eigenvalue weighted by Crippen LogP contribution is 2.29. The molecule has 0 aromatic heterocycles. The summed E-state index contributed by atoms with van der Waals surface area (Å²) in [7, 11) is 3.38. The van der Waals surface area contributed by atoms with E-state index in [1.165, 1.54) is 19.3 Å². The first-order valence-corrected chi connectivity index (χ1v) is 6.43. The number of hydrogen-bond donors (Lipinski definition) is 0. The molecule has 0 saturated heterocycles. The van der Waals surface area contributed by atoms with Crippen LogP contribution in [0.2, 0.25) is 0 Å². The van der Waals surface area contributed by atoms with Crippen molar-refractivity contribution in [3.8, 4) is 0 Å². The van der Waals surface area contributed by atoms with E-state index in [-0.39, 0.29) is 6.29 Å². The smallest absolute Gasteiger partial charge is 0.156 e. The van der Waals surface area contributed by atoms with Crippen LogP contribution in [0.4, 0.5) is 0 Å². The molecule has 1 rings (SSSR count). The molecule has 0 heterocycles. The van der Waals surface area contributed by atoms with E-state index in [9.17, 15) is 0 Å². The van der Waals surface area contributed by atoms with Crippen LogP contribution in [0.5, 0.6) is 0 Å². The zero-order valence-corrected chi connectivity index (χ0v) is 10.9. The third-order valence-corrected chi connectivity index (χ3v) is 3.29. The Morgan fingerprint density at radius 2 is 1.75 bits per heavy atom. The predicted molar refractivity (Wildman–Crippen MR) is 64.4 cm³/mol. The summed E-state index contributed by atoms with van der Waals surface area (Å²) in [6.07, 6.45) is 7.53. The lowest BCUT2D eigenvalue weighted by Gasteiger charge is -2.32. The maximum atomic E-state index is 5.75. The highest BCUT2D eigenvalue weighted by molar-refractivity contribution is 4.76. The van der Waals surface area contributed by atoms with Gasteiger partial charge in [-0.2, -0.15) is 0 Å². The summed E-state index contributed by atoms with van der Waals surface area (Å²) < 4.78 is 16.0. The molecule has 0 bridgehead atoms. The van der Waals surface area contributed by atoms with Crippen molar-refractivity contribution in [3.05, 3.63) is 0 Å². The van der Waals surface area contributed by atoms with Crippen molar-refractivity contribution in [2.75, 3.05) is 20.8 Å². The van der Waals surface area contributed by atoms with Crippen LogP contribution in [0.25, 0.3) is 0 Å². The van der Waals surface area contributed by atoms with Crippen molar-refractivity contribution in [2.45, 2.75) is 57.8 Å². The molecule has 16 heavy (non-hydrogen) atoms. The number of ether oxygens (including phenoxy) is 3. The van der Waals surface area contributed by atoms with Crippen molar-refractivity contribution >= 4 is 0 Å². The van der Waals surface area contributed by atoms with Gasteiger partial charge in [-0.05, 0) is 38.0 Å². The van der Waals surface area contributed by atoms with Crippen LogP contribution in [-0.2, 0) is 14.2 Å². The van der Waals surface area contributed by atoms with Crippen molar-refractivity contribution in [3.63, 3.8) is 0 Å². The van der Waals surface area contributed by atoms with Crippen molar-refractivity contribution in [2.24, 2.45) is 5.92 Å². The molecular formula is C13H26O3. The molecule has 0 radical (unpaired) electrons. The van der Waals surface area contributed by atoms with E-state index in [1.54, 1.807) is 14.2 Å². The van der Waals surface area contributed by atoms with E-state index in [1.807, 2.05) is 0 Å². The first-order valence-electron chi connectivity index (χ1n) is 6.43. The summed E-state index contributed by atoms with van der Waals surface area (Å²) in [5.74, 6) is 0.883. The molecule has 3 nitrogen and oxygen atoms in total. The lowest BCUT2D eigenvalue weighted by Crippen LogP contribution is -2.29. The first-order chi connectivity index (χ1) is 7.76. The maximum Gasteiger partial charge on any atom is 0.156 e. The molecule has 0 atom stereocenters. The topological polar surface area (TPSA) is 27.7 Å². The Balaban J connectivity index is 1.81. The van der Waals surface area contributed by atoms with Gasteiger partial charge >= 0.3 is 0 Å². The van der Waals surface area contributed by atoms with E-state index >= 15 is 0 Å². The SMILES string of the molecule is COC(CCCCCO[C@H]1C[C@@H](C)C1)OC. The first kappa shape index (κ1) is 13.9. The molecule has 0 unspecified atom stereocenters. The van der Waals surface area contributed by atoms with Gasteiger partial charge in [0.2, 0.25) is 0 Å². The summed E-state index contributed by atoms with van der Waals surface area (Å²) in [6.45, 7) is 3.21. The molecule has 0 aromatic rings. The number of hydrogen-bond acceptors (Lipinski definition) is 3. The van der Waals surface area contributed by atoms with Gasteiger partial charge in [0.15, 0.2) is 6.29 Å². The third kappa shape index (κ3) is 5.28. The van der Waals surface area contributed by atoms with Gasteiger partial charge in [0.05, 0.1) is 6.10 Å². The van der Waals surface area contributed by atoms with Crippen molar-refractivity contribution in [1.82, 2.24) is 0 Å². The highest BCUT2D eigenvalue weighted by Gasteiger charge is 2.25. The summed E-state index contributed by atoms with van der Waals surface area (Å²) in [4.78, 5) is 0. The molecule has 0 aromatic carbocycles. The van der Waals surface area contributed by atoms with E-state index < -0.39 is 0 Å². The Bertz CT molecular complexity index is 163. The van der Waals surface area contributed by atoms with E-state index in [0.29, 0.717) is 6.10 Å². The van der Waals surface area contributed by atoms with Crippen LogP contribution >= 0.6 is 0 Å². The Morgan fingerprint density at radius 1 is 1.06 bits per heavy atom. The Hall–Kier alpha value is -0.120. The predicted octanol–water partition coefficient (Wildman–Crippen LogP) is 2.98. The second-order valence-corrected chi connectivity index (χ2v) is 4.82. The second kappa shape index (κ2) is 8.04. The van der Waals surface area contributed by atoms with Crippen LogP contribution in [0.3, 0.4) is 0 Å². The van der Waals surface area contributed by atoms with Gasteiger partial charge in [0.1, 0.15) is 0 Å². The summed E-state index contributed by atoms with van der Waals surface area (Å²) >= 11 is 0. The third-order valence-electron chi connectivity index (χ3n) is 3.29. The summed E-state index contributed by atoms with van der Waals surface area (Å²) in [6, 6.07) is 0. The summed E-state index contributed by atoms with van der Waals surface area (Å²) in [5, 5.41) is 0. The molecule has 0 N–H and O–H groups in total. The van der Waals surface area contributed by atoms with Crippen LogP contribution < -0.4 is 0 Å². The van der Waals surface area contributed by atoms with Gasteiger partial charge in [0.25, 0.3) is 0 Å². The second-order valence-electron chi connectivity index (χ2n) is 4.82. The van der Waals surface area contributed by atoms with Gasteiger partial charge in [-0.3, -0.25) is 0 Å². The number of unbranched alkanes of at least 4 members (excludes halogenated alkanes) is 2. The molecule has 0 spiro atoms. The van der Waals surface area contributed by atoms with Crippen LogP contribution in [-0.4, -0.2) is 33.2 Å². The molecule has 1 aliphatic carbocycles. The Morgan fingerprint density at radius 3 is 2.31 bits per heavy atom. The molecule has 1 fully saturated rings. The Labute approximate surface area is 99.5 Å².